The maximum absolute atomic E-state index is 10.3. The molecule has 0 amide bonds. The first-order valence-electron chi connectivity index (χ1n) is 5.39. The Bertz CT molecular complexity index is 526. The van der Waals surface area contributed by atoms with Crippen molar-refractivity contribution in [2.45, 2.75) is 9.79 Å². The summed E-state index contributed by atoms with van der Waals surface area (Å²) >= 11 is 1.59. The van der Waals surface area contributed by atoms with Crippen LogP contribution in [0.5, 0.6) is 5.75 Å². The summed E-state index contributed by atoms with van der Waals surface area (Å²) in [5.74, 6) is -0.698. The monoisotopic (exact) mass is 259 g/mol. The minimum Gasteiger partial charge on any atom is -0.546 e. The van der Waals surface area contributed by atoms with E-state index in [1.807, 2.05) is 42.5 Å². The second-order valence-corrected chi connectivity index (χ2v) is 4.70. The summed E-state index contributed by atoms with van der Waals surface area (Å²) in [6.07, 6.45) is 0. The molecular weight excluding hydrogens is 248 g/mol. The highest BCUT2D eigenvalue weighted by atomic mass is 32.2. The second-order valence-electron chi connectivity index (χ2n) is 3.55. The smallest absolute Gasteiger partial charge is 0.128 e. The van der Waals surface area contributed by atoms with E-state index in [1.54, 1.807) is 23.9 Å². The first kappa shape index (κ1) is 12.5. The number of carboxylic acid groups (broad SMARTS) is 1. The maximum Gasteiger partial charge on any atom is 0.128 e. The standard InChI is InChI=1S/C14H12O3S/c15-14(16)10-17-11-5-4-8-13(9-11)18-12-6-2-1-3-7-12/h1-9H,10H2,(H,15,16)/p-1. The first-order valence-corrected chi connectivity index (χ1v) is 6.21. The lowest BCUT2D eigenvalue weighted by Gasteiger charge is -2.08. The van der Waals surface area contributed by atoms with Gasteiger partial charge in [-0.3, -0.25) is 0 Å². The lowest BCUT2D eigenvalue weighted by Crippen LogP contribution is -2.28. The normalized spacial score (nSPS) is 10.0. The SMILES string of the molecule is O=C([O-])COc1cccc(Sc2ccccc2)c1. The van der Waals surface area contributed by atoms with Crippen LogP contribution in [0.2, 0.25) is 0 Å². The first-order chi connectivity index (χ1) is 8.74. The second kappa shape index (κ2) is 6.12. The van der Waals surface area contributed by atoms with Crippen molar-refractivity contribution in [3.05, 3.63) is 54.6 Å². The van der Waals surface area contributed by atoms with Crippen LogP contribution in [0.15, 0.2) is 64.4 Å². The van der Waals surface area contributed by atoms with Crippen LogP contribution in [0.1, 0.15) is 0 Å². The molecule has 18 heavy (non-hydrogen) atoms. The van der Waals surface area contributed by atoms with Crippen LogP contribution < -0.4 is 9.84 Å². The van der Waals surface area contributed by atoms with E-state index in [-0.39, 0.29) is 0 Å². The number of carbonyl (C=O) groups excluding carboxylic acids is 1. The molecule has 0 aliphatic rings. The molecule has 92 valence electrons. The van der Waals surface area contributed by atoms with Crippen molar-refractivity contribution in [2.24, 2.45) is 0 Å². The molecule has 0 aliphatic heterocycles. The molecule has 3 nitrogen and oxygen atoms in total. The van der Waals surface area contributed by atoms with Crippen LogP contribution in [-0.2, 0) is 4.79 Å². The van der Waals surface area contributed by atoms with Gasteiger partial charge >= 0.3 is 0 Å². The van der Waals surface area contributed by atoms with E-state index in [9.17, 15) is 9.90 Å². The van der Waals surface area contributed by atoms with E-state index >= 15 is 0 Å². The van der Waals surface area contributed by atoms with Crippen molar-refractivity contribution in [1.29, 1.82) is 0 Å². The minimum atomic E-state index is -1.23. The van der Waals surface area contributed by atoms with Crippen molar-refractivity contribution in [3.8, 4) is 5.75 Å². The molecule has 0 N–H and O–H groups in total. The molecule has 2 aromatic rings. The van der Waals surface area contributed by atoms with Gasteiger partial charge in [-0.15, -0.1) is 0 Å². The van der Waals surface area contributed by atoms with E-state index < -0.39 is 12.6 Å². The van der Waals surface area contributed by atoms with Crippen molar-refractivity contribution in [3.63, 3.8) is 0 Å². The van der Waals surface area contributed by atoms with Crippen LogP contribution >= 0.6 is 11.8 Å². The molecule has 0 atom stereocenters. The number of ether oxygens (including phenoxy) is 1. The molecule has 2 rings (SSSR count). The number of benzene rings is 2. The van der Waals surface area contributed by atoms with E-state index in [0.717, 1.165) is 9.79 Å². The Hall–Kier alpha value is -1.94. The third-order valence-corrected chi connectivity index (χ3v) is 3.14. The molecule has 0 radical (unpaired) electrons. The van der Waals surface area contributed by atoms with Gasteiger partial charge in [0.15, 0.2) is 0 Å². The summed E-state index contributed by atoms with van der Waals surface area (Å²) < 4.78 is 5.07. The molecule has 0 spiro atoms. The molecule has 0 unspecified atom stereocenters. The zero-order valence-corrected chi connectivity index (χ0v) is 10.4. The Balaban J connectivity index is 2.05. The fraction of sp³-hybridized carbons (Fsp3) is 0.0714. The van der Waals surface area contributed by atoms with Gasteiger partial charge in [-0.25, -0.2) is 0 Å². The highest BCUT2D eigenvalue weighted by molar-refractivity contribution is 7.99. The molecule has 0 saturated heterocycles. The van der Waals surface area contributed by atoms with Crippen molar-refractivity contribution < 1.29 is 14.6 Å². The lowest BCUT2D eigenvalue weighted by molar-refractivity contribution is -0.307. The van der Waals surface area contributed by atoms with Crippen molar-refractivity contribution in [2.75, 3.05) is 6.61 Å². The summed E-state index contributed by atoms with van der Waals surface area (Å²) in [6, 6.07) is 17.2. The number of aliphatic carboxylic acids is 1. The Kier molecular flexibility index (Phi) is 4.25. The summed E-state index contributed by atoms with van der Waals surface area (Å²) in [7, 11) is 0. The topological polar surface area (TPSA) is 49.4 Å². The van der Waals surface area contributed by atoms with Gasteiger partial charge in [0, 0.05) is 9.79 Å². The Labute approximate surface area is 109 Å². The fourth-order valence-electron chi connectivity index (χ4n) is 1.39. The number of rotatable bonds is 5. The quantitative estimate of drug-likeness (QED) is 0.823. The van der Waals surface area contributed by atoms with Crippen LogP contribution in [-0.4, -0.2) is 12.6 Å². The van der Waals surface area contributed by atoms with Gasteiger partial charge in [0.05, 0.1) is 5.97 Å². The molecule has 2 aromatic carbocycles. The Morgan fingerprint density at radius 1 is 1.06 bits per heavy atom. The van der Waals surface area contributed by atoms with Gasteiger partial charge in [-0.05, 0) is 30.3 Å². The average molecular weight is 259 g/mol. The van der Waals surface area contributed by atoms with E-state index in [1.165, 1.54) is 0 Å². The average Bonchev–Trinajstić information content (AvgIpc) is 2.38. The van der Waals surface area contributed by atoms with Crippen LogP contribution in [0, 0.1) is 0 Å². The summed E-state index contributed by atoms with van der Waals surface area (Å²) in [5, 5.41) is 10.3. The molecule has 0 fully saturated rings. The number of hydrogen-bond acceptors (Lipinski definition) is 4. The molecule has 0 saturated carbocycles. The van der Waals surface area contributed by atoms with Crippen LogP contribution in [0.25, 0.3) is 0 Å². The zero-order chi connectivity index (χ0) is 12.8. The highest BCUT2D eigenvalue weighted by Gasteiger charge is 1.99. The van der Waals surface area contributed by atoms with Gasteiger partial charge in [-0.2, -0.15) is 0 Å². The molecular formula is C14H11O3S-. The van der Waals surface area contributed by atoms with Gasteiger partial charge in [0.25, 0.3) is 0 Å². The molecule has 0 bridgehead atoms. The van der Waals surface area contributed by atoms with E-state index in [2.05, 4.69) is 0 Å². The molecule has 0 aliphatic carbocycles. The minimum absolute atomic E-state index is 0.431. The summed E-state index contributed by atoms with van der Waals surface area (Å²) in [4.78, 5) is 12.4. The van der Waals surface area contributed by atoms with E-state index in [4.69, 9.17) is 4.74 Å². The van der Waals surface area contributed by atoms with Crippen LogP contribution in [0.3, 0.4) is 0 Å². The van der Waals surface area contributed by atoms with Crippen molar-refractivity contribution >= 4 is 17.7 Å². The van der Waals surface area contributed by atoms with Gasteiger partial charge in [0.2, 0.25) is 0 Å². The molecule has 4 heteroatoms. The number of carbonyl (C=O) groups is 1. The third-order valence-electron chi connectivity index (χ3n) is 2.14. The van der Waals surface area contributed by atoms with Gasteiger partial charge in [-0.1, -0.05) is 36.0 Å². The van der Waals surface area contributed by atoms with Gasteiger partial charge < -0.3 is 14.6 Å². The van der Waals surface area contributed by atoms with Gasteiger partial charge in [0.1, 0.15) is 12.4 Å². The highest BCUT2D eigenvalue weighted by Crippen LogP contribution is 2.29. The molecule has 0 heterocycles. The third kappa shape index (κ3) is 3.82. The summed E-state index contributed by atoms with van der Waals surface area (Å²) in [5.41, 5.74) is 0. The Morgan fingerprint density at radius 3 is 2.50 bits per heavy atom. The largest absolute Gasteiger partial charge is 0.546 e. The van der Waals surface area contributed by atoms with Crippen molar-refractivity contribution in [1.82, 2.24) is 0 Å². The van der Waals surface area contributed by atoms with Crippen LogP contribution in [0.4, 0.5) is 0 Å². The number of carboxylic acids is 1. The Morgan fingerprint density at radius 2 is 1.78 bits per heavy atom. The van der Waals surface area contributed by atoms with E-state index in [0.29, 0.717) is 5.75 Å². The molecule has 0 aromatic heterocycles. The predicted molar refractivity (Wildman–Crippen MR) is 67.5 cm³/mol. The summed E-state index contributed by atoms with van der Waals surface area (Å²) in [6.45, 7) is -0.431. The maximum atomic E-state index is 10.3. The number of hydrogen-bond donors (Lipinski definition) is 0. The zero-order valence-electron chi connectivity index (χ0n) is 9.54. The lowest BCUT2D eigenvalue weighted by atomic mass is 10.3. The predicted octanol–water partition coefficient (Wildman–Crippen LogP) is 1.97. The fourth-order valence-corrected chi connectivity index (χ4v) is 2.28.